The molecule has 3 heterocycles. The molecule has 0 unspecified atom stereocenters. The Labute approximate surface area is 179 Å². The normalized spacial score (nSPS) is 11.7. The van der Waals surface area contributed by atoms with Crippen molar-refractivity contribution in [2.75, 3.05) is 0 Å². The van der Waals surface area contributed by atoms with E-state index in [0.717, 1.165) is 4.47 Å². The third-order valence-corrected chi connectivity index (χ3v) is 9.19. The molecule has 0 radical (unpaired) electrons. The summed E-state index contributed by atoms with van der Waals surface area (Å²) in [5.41, 5.74) is 6.78. The molecule has 0 spiro atoms. The average molecular weight is 469 g/mol. The van der Waals surface area contributed by atoms with Crippen molar-refractivity contribution in [2.24, 2.45) is 0 Å². The first kappa shape index (κ1) is 17.6. The highest BCUT2D eigenvalue weighted by atomic mass is 79.9. The Morgan fingerprint density at radius 3 is 2.00 bits per heavy atom. The summed E-state index contributed by atoms with van der Waals surface area (Å²) in [6, 6.07) is 17.9. The van der Waals surface area contributed by atoms with Crippen molar-refractivity contribution in [2.45, 2.75) is 20.8 Å². The second kappa shape index (κ2) is 6.56. The molecule has 3 aromatic heterocycles. The van der Waals surface area contributed by atoms with Crippen LogP contribution in [0, 0.1) is 20.8 Å². The molecule has 5 aromatic rings. The fourth-order valence-corrected chi connectivity index (χ4v) is 8.41. The molecule has 0 nitrogen and oxygen atoms in total. The molecule has 134 valence electrons. The van der Waals surface area contributed by atoms with Crippen molar-refractivity contribution in [3.8, 4) is 20.9 Å². The maximum atomic E-state index is 3.59. The maximum absolute atomic E-state index is 3.59. The number of thiophene rings is 3. The summed E-state index contributed by atoms with van der Waals surface area (Å²) in [6.07, 6.45) is 0. The SMILES string of the molecule is Cc1cc(C)c(-c2cc3sc4cc(-c5cccc(Br)c5)sc4c3s2)c(C)c1. The first-order valence-corrected chi connectivity index (χ1v) is 12.0. The topological polar surface area (TPSA) is 0 Å². The molecule has 5 rings (SSSR count). The van der Waals surface area contributed by atoms with Gasteiger partial charge in [-0.15, -0.1) is 34.0 Å². The van der Waals surface area contributed by atoms with Gasteiger partial charge in [0.25, 0.3) is 0 Å². The van der Waals surface area contributed by atoms with Crippen LogP contribution in [0.3, 0.4) is 0 Å². The van der Waals surface area contributed by atoms with E-state index in [-0.39, 0.29) is 0 Å². The second-order valence-corrected chi connectivity index (χ2v) is 11.1. The number of benzene rings is 2. The van der Waals surface area contributed by atoms with Gasteiger partial charge in [0.2, 0.25) is 0 Å². The van der Waals surface area contributed by atoms with Gasteiger partial charge in [-0.3, -0.25) is 0 Å². The number of rotatable bonds is 2. The lowest BCUT2D eigenvalue weighted by molar-refractivity contribution is 1.33. The fraction of sp³-hybridized carbons (Fsp3) is 0.130. The Kier molecular flexibility index (Phi) is 4.28. The highest BCUT2D eigenvalue weighted by Crippen LogP contribution is 2.48. The highest BCUT2D eigenvalue weighted by molar-refractivity contribution is 9.10. The summed E-state index contributed by atoms with van der Waals surface area (Å²) >= 11 is 9.37. The predicted molar refractivity (Wildman–Crippen MR) is 128 cm³/mol. The zero-order valence-electron chi connectivity index (χ0n) is 15.2. The van der Waals surface area contributed by atoms with Gasteiger partial charge in [0, 0.05) is 23.6 Å². The predicted octanol–water partition coefficient (Wildman–Crippen LogP) is 9.20. The quantitative estimate of drug-likeness (QED) is 0.242. The van der Waals surface area contributed by atoms with E-state index in [4.69, 9.17) is 0 Å². The molecule has 0 saturated heterocycles. The summed E-state index contributed by atoms with van der Waals surface area (Å²) in [4.78, 5) is 2.74. The van der Waals surface area contributed by atoms with Crippen molar-refractivity contribution in [3.63, 3.8) is 0 Å². The van der Waals surface area contributed by atoms with Crippen LogP contribution in [-0.4, -0.2) is 0 Å². The number of hydrogen-bond acceptors (Lipinski definition) is 3. The summed E-state index contributed by atoms with van der Waals surface area (Å²) in [5, 5.41) is 0. The summed E-state index contributed by atoms with van der Waals surface area (Å²) in [6.45, 7) is 6.64. The zero-order chi connectivity index (χ0) is 18.7. The van der Waals surface area contributed by atoms with Crippen molar-refractivity contribution in [3.05, 3.63) is 69.7 Å². The molecule has 0 aliphatic heterocycles. The van der Waals surface area contributed by atoms with Gasteiger partial charge in [0.15, 0.2) is 0 Å². The number of aryl methyl sites for hydroxylation is 3. The smallest absolute Gasteiger partial charge is 0.0636 e. The summed E-state index contributed by atoms with van der Waals surface area (Å²) in [7, 11) is 0. The monoisotopic (exact) mass is 468 g/mol. The van der Waals surface area contributed by atoms with Gasteiger partial charge in [-0.2, -0.15) is 0 Å². The lowest BCUT2D eigenvalue weighted by Crippen LogP contribution is -1.87. The van der Waals surface area contributed by atoms with Crippen molar-refractivity contribution >= 4 is 68.7 Å². The van der Waals surface area contributed by atoms with Crippen LogP contribution in [0.1, 0.15) is 16.7 Å². The number of fused-ring (bicyclic) bond motifs is 3. The van der Waals surface area contributed by atoms with E-state index in [1.54, 1.807) is 0 Å². The Bertz CT molecular complexity index is 1290. The second-order valence-electron chi connectivity index (χ2n) is 6.99. The first-order chi connectivity index (χ1) is 13.0. The van der Waals surface area contributed by atoms with E-state index in [1.807, 2.05) is 34.0 Å². The molecule has 0 saturated carbocycles. The average Bonchev–Trinajstić information content (AvgIpc) is 3.24. The van der Waals surface area contributed by atoms with E-state index in [9.17, 15) is 0 Å². The van der Waals surface area contributed by atoms with Crippen LogP contribution in [0.2, 0.25) is 0 Å². The maximum Gasteiger partial charge on any atom is 0.0636 e. The standard InChI is InChI=1S/C23H17BrS3/c1-12-7-13(2)21(14(3)8-12)18-11-20-23(27-18)22-19(25-20)10-17(26-22)15-5-4-6-16(24)9-15/h4-11H,1-3H3. The molecule has 0 bridgehead atoms. The van der Waals surface area contributed by atoms with E-state index in [2.05, 4.69) is 85.2 Å². The third-order valence-electron chi connectivity index (χ3n) is 4.85. The van der Waals surface area contributed by atoms with Crippen LogP contribution in [0.15, 0.2) is 53.0 Å². The molecule has 4 heteroatoms. The molecular formula is C23H17BrS3. The number of halogens is 1. The van der Waals surface area contributed by atoms with Gasteiger partial charge in [-0.25, -0.2) is 0 Å². The van der Waals surface area contributed by atoms with E-state index >= 15 is 0 Å². The molecule has 0 amide bonds. The molecule has 0 N–H and O–H groups in total. The molecule has 2 aromatic carbocycles. The Morgan fingerprint density at radius 1 is 0.704 bits per heavy atom. The van der Waals surface area contributed by atoms with Crippen LogP contribution in [0.4, 0.5) is 0 Å². The summed E-state index contributed by atoms with van der Waals surface area (Å²) < 4.78 is 6.82. The van der Waals surface area contributed by atoms with Crippen LogP contribution >= 0.6 is 49.9 Å². The van der Waals surface area contributed by atoms with E-state index in [1.165, 1.54) is 56.4 Å². The van der Waals surface area contributed by atoms with Crippen LogP contribution in [-0.2, 0) is 0 Å². The minimum atomic E-state index is 1.13. The van der Waals surface area contributed by atoms with E-state index < -0.39 is 0 Å². The van der Waals surface area contributed by atoms with Crippen LogP contribution in [0.25, 0.3) is 39.7 Å². The lowest BCUT2D eigenvalue weighted by atomic mass is 9.99. The Balaban J connectivity index is 1.67. The largest absolute Gasteiger partial charge is 0.133 e. The van der Waals surface area contributed by atoms with Gasteiger partial charge in [0.1, 0.15) is 0 Å². The molecule has 0 fully saturated rings. The third kappa shape index (κ3) is 2.99. The van der Waals surface area contributed by atoms with Crippen molar-refractivity contribution in [1.29, 1.82) is 0 Å². The van der Waals surface area contributed by atoms with Gasteiger partial charge in [0.05, 0.1) is 9.40 Å². The van der Waals surface area contributed by atoms with Gasteiger partial charge < -0.3 is 0 Å². The van der Waals surface area contributed by atoms with Gasteiger partial charge in [-0.05, 0) is 67.3 Å². The molecule has 0 atom stereocenters. The van der Waals surface area contributed by atoms with Gasteiger partial charge >= 0.3 is 0 Å². The molecule has 0 aliphatic carbocycles. The lowest BCUT2D eigenvalue weighted by Gasteiger charge is -2.09. The molecule has 27 heavy (non-hydrogen) atoms. The number of hydrogen-bond donors (Lipinski definition) is 0. The van der Waals surface area contributed by atoms with Crippen molar-refractivity contribution in [1.82, 2.24) is 0 Å². The summed E-state index contributed by atoms with van der Waals surface area (Å²) in [5.74, 6) is 0. The van der Waals surface area contributed by atoms with E-state index in [0.29, 0.717) is 0 Å². The van der Waals surface area contributed by atoms with Gasteiger partial charge in [-0.1, -0.05) is 45.8 Å². The van der Waals surface area contributed by atoms with Crippen LogP contribution < -0.4 is 0 Å². The van der Waals surface area contributed by atoms with Crippen LogP contribution in [0.5, 0.6) is 0 Å². The molecule has 0 aliphatic rings. The van der Waals surface area contributed by atoms with Crippen molar-refractivity contribution < 1.29 is 0 Å². The Morgan fingerprint density at radius 2 is 1.33 bits per heavy atom. The Hall–Kier alpha value is -1.46. The fourth-order valence-electron chi connectivity index (χ4n) is 3.81. The zero-order valence-corrected chi connectivity index (χ0v) is 19.3. The first-order valence-electron chi connectivity index (χ1n) is 8.79. The minimum absolute atomic E-state index is 1.13. The highest BCUT2D eigenvalue weighted by Gasteiger charge is 2.16. The minimum Gasteiger partial charge on any atom is -0.133 e. The molecular weight excluding hydrogens is 452 g/mol.